The molecule has 0 radical (unpaired) electrons. The Kier molecular flexibility index (Phi) is 5.60. The molecule has 0 amide bonds. The highest BCUT2D eigenvalue weighted by molar-refractivity contribution is 7.89. The summed E-state index contributed by atoms with van der Waals surface area (Å²) in [6.45, 7) is 4.03. The molecule has 0 saturated carbocycles. The van der Waals surface area contributed by atoms with Gasteiger partial charge in [-0.25, -0.2) is 12.8 Å². The second-order valence-electron chi connectivity index (χ2n) is 5.17. The third-order valence-corrected chi connectivity index (χ3v) is 5.64. The van der Waals surface area contributed by atoms with E-state index >= 15 is 0 Å². The lowest BCUT2D eigenvalue weighted by molar-refractivity contribution is 0.180. The number of hydrogen-bond donors (Lipinski definition) is 0. The zero-order valence-corrected chi connectivity index (χ0v) is 13.5. The number of halogens is 2. The number of sulfonamides is 1. The van der Waals surface area contributed by atoms with Gasteiger partial charge in [-0.05, 0) is 37.0 Å². The molecule has 118 valence electrons. The van der Waals surface area contributed by atoms with Gasteiger partial charge in [0.05, 0.1) is 16.5 Å². The van der Waals surface area contributed by atoms with Gasteiger partial charge < -0.3 is 4.74 Å². The molecule has 1 unspecified atom stereocenters. The summed E-state index contributed by atoms with van der Waals surface area (Å²) < 4.78 is 45.3. The van der Waals surface area contributed by atoms with Gasteiger partial charge in [-0.3, -0.25) is 0 Å². The topological polar surface area (TPSA) is 46.6 Å². The molecular weight excluding hydrogens is 317 g/mol. The van der Waals surface area contributed by atoms with E-state index in [0.717, 1.165) is 12.5 Å². The SMILES string of the molecule is CCCN(CC1CCOC1)S(=O)(=O)c1ccc(F)c(Cl)c1. The van der Waals surface area contributed by atoms with Gasteiger partial charge in [-0.15, -0.1) is 0 Å². The van der Waals surface area contributed by atoms with Crippen LogP contribution in [0, 0.1) is 11.7 Å². The normalized spacial score (nSPS) is 19.3. The number of nitrogens with zero attached hydrogens (tertiary/aromatic N) is 1. The molecule has 0 spiro atoms. The maximum Gasteiger partial charge on any atom is 0.243 e. The molecule has 1 saturated heterocycles. The monoisotopic (exact) mass is 335 g/mol. The van der Waals surface area contributed by atoms with Crippen LogP contribution in [0.25, 0.3) is 0 Å². The zero-order chi connectivity index (χ0) is 15.5. The highest BCUT2D eigenvalue weighted by Gasteiger charge is 2.28. The first-order valence-electron chi connectivity index (χ1n) is 6.98. The summed E-state index contributed by atoms with van der Waals surface area (Å²) in [5.41, 5.74) is 0. The summed E-state index contributed by atoms with van der Waals surface area (Å²) >= 11 is 5.69. The molecule has 7 heteroatoms. The molecule has 0 N–H and O–H groups in total. The van der Waals surface area contributed by atoms with Gasteiger partial charge in [-0.2, -0.15) is 4.31 Å². The summed E-state index contributed by atoms with van der Waals surface area (Å²) in [7, 11) is -3.66. The van der Waals surface area contributed by atoms with E-state index < -0.39 is 15.8 Å². The quantitative estimate of drug-likeness (QED) is 0.803. The van der Waals surface area contributed by atoms with E-state index in [9.17, 15) is 12.8 Å². The third kappa shape index (κ3) is 3.94. The van der Waals surface area contributed by atoms with Crippen LogP contribution in [0.3, 0.4) is 0 Å². The molecule has 1 atom stereocenters. The predicted molar refractivity (Wildman–Crippen MR) is 79.4 cm³/mol. The molecule has 0 aromatic heterocycles. The first kappa shape index (κ1) is 16.7. The van der Waals surface area contributed by atoms with Crippen molar-refractivity contribution < 1.29 is 17.5 Å². The Balaban J connectivity index is 2.25. The Morgan fingerprint density at radius 3 is 2.81 bits per heavy atom. The fourth-order valence-electron chi connectivity index (χ4n) is 2.36. The Morgan fingerprint density at radius 2 is 2.24 bits per heavy atom. The van der Waals surface area contributed by atoms with E-state index in [1.807, 2.05) is 6.92 Å². The van der Waals surface area contributed by atoms with Gasteiger partial charge in [0, 0.05) is 19.7 Å². The maximum absolute atomic E-state index is 13.2. The van der Waals surface area contributed by atoms with E-state index in [2.05, 4.69) is 0 Å². The molecule has 4 nitrogen and oxygen atoms in total. The second kappa shape index (κ2) is 7.05. The van der Waals surface area contributed by atoms with Crippen LogP contribution in [0.5, 0.6) is 0 Å². The van der Waals surface area contributed by atoms with Gasteiger partial charge in [0.1, 0.15) is 5.82 Å². The lowest BCUT2D eigenvalue weighted by atomic mass is 10.1. The van der Waals surface area contributed by atoms with Crippen molar-refractivity contribution in [1.29, 1.82) is 0 Å². The Morgan fingerprint density at radius 1 is 1.48 bits per heavy atom. The first-order valence-corrected chi connectivity index (χ1v) is 8.80. The van der Waals surface area contributed by atoms with Crippen LogP contribution in [-0.4, -0.2) is 39.0 Å². The Bertz CT molecular complexity index is 588. The van der Waals surface area contributed by atoms with Gasteiger partial charge in [0.2, 0.25) is 10.0 Å². The van der Waals surface area contributed by atoms with Gasteiger partial charge in [-0.1, -0.05) is 18.5 Å². The molecule has 1 heterocycles. The van der Waals surface area contributed by atoms with Gasteiger partial charge >= 0.3 is 0 Å². The largest absolute Gasteiger partial charge is 0.381 e. The molecule has 0 aliphatic carbocycles. The van der Waals surface area contributed by atoms with E-state index in [0.29, 0.717) is 32.7 Å². The number of rotatable bonds is 6. The molecule has 1 aliphatic rings. The molecule has 0 bridgehead atoms. The first-order chi connectivity index (χ1) is 9.95. The minimum atomic E-state index is -3.66. The number of benzene rings is 1. The minimum Gasteiger partial charge on any atom is -0.381 e. The Labute approximate surface area is 129 Å². The van der Waals surface area contributed by atoms with Crippen molar-refractivity contribution in [3.8, 4) is 0 Å². The van der Waals surface area contributed by atoms with E-state index in [1.165, 1.54) is 16.4 Å². The molecule has 1 aromatic carbocycles. The molecule has 21 heavy (non-hydrogen) atoms. The van der Waals surface area contributed by atoms with Crippen LogP contribution >= 0.6 is 11.6 Å². The Hall–Kier alpha value is -0.690. The van der Waals surface area contributed by atoms with E-state index in [4.69, 9.17) is 16.3 Å². The summed E-state index contributed by atoms with van der Waals surface area (Å²) in [6, 6.07) is 3.50. The lowest BCUT2D eigenvalue weighted by Gasteiger charge is -2.24. The lowest BCUT2D eigenvalue weighted by Crippen LogP contribution is -2.36. The van der Waals surface area contributed by atoms with Crippen molar-refractivity contribution in [2.75, 3.05) is 26.3 Å². The van der Waals surface area contributed by atoms with Crippen molar-refractivity contribution in [1.82, 2.24) is 4.31 Å². The summed E-state index contributed by atoms with van der Waals surface area (Å²) in [6.07, 6.45) is 1.57. The van der Waals surface area contributed by atoms with Crippen LogP contribution in [0.1, 0.15) is 19.8 Å². The smallest absolute Gasteiger partial charge is 0.243 e. The predicted octanol–water partition coefficient (Wildman–Crippen LogP) is 2.92. The van der Waals surface area contributed by atoms with Crippen molar-refractivity contribution in [2.24, 2.45) is 5.92 Å². The van der Waals surface area contributed by atoms with Crippen molar-refractivity contribution in [3.05, 3.63) is 29.0 Å². The summed E-state index contributed by atoms with van der Waals surface area (Å²) in [5.74, 6) is -0.413. The molecule has 2 rings (SSSR count). The van der Waals surface area contributed by atoms with Crippen LogP contribution in [-0.2, 0) is 14.8 Å². The average Bonchev–Trinajstić information content (AvgIpc) is 2.94. The van der Waals surface area contributed by atoms with Crippen molar-refractivity contribution in [3.63, 3.8) is 0 Å². The summed E-state index contributed by atoms with van der Waals surface area (Å²) in [5, 5.41) is -0.184. The van der Waals surface area contributed by atoms with Gasteiger partial charge in [0.25, 0.3) is 0 Å². The van der Waals surface area contributed by atoms with Crippen LogP contribution < -0.4 is 0 Å². The third-order valence-electron chi connectivity index (χ3n) is 3.49. The van der Waals surface area contributed by atoms with E-state index in [-0.39, 0.29) is 15.8 Å². The maximum atomic E-state index is 13.2. The van der Waals surface area contributed by atoms with Crippen molar-refractivity contribution >= 4 is 21.6 Å². The second-order valence-corrected chi connectivity index (χ2v) is 7.51. The molecule has 1 aromatic rings. The molecular formula is C14H19ClFNO3S. The van der Waals surface area contributed by atoms with E-state index in [1.54, 1.807) is 0 Å². The standard InChI is InChI=1S/C14H19ClFNO3S/c1-2-6-17(9-11-5-7-20-10-11)21(18,19)12-3-4-14(16)13(15)8-12/h3-4,8,11H,2,5-7,9-10H2,1H3. The molecule has 1 fully saturated rings. The highest BCUT2D eigenvalue weighted by Crippen LogP contribution is 2.24. The minimum absolute atomic E-state index is 0.0289. The molecule has 1 aliphatic heterocycles. The highest BCUT2D eigenvalue weighted by atomic mass is 35.5. The summed E-state index contributed by atoms with van der Waals surface area (Å²) in [4.78, 5) is 0.0289. The van der Waals surface area contributed by atoms with Crippen LogP contribution in [0.15, 0.2) is 23.1 Å². The fourth-order valence-corrected chi connectivity index (χ4v) is 4.24. The zero-order valence-electron chi connectivity index (χ0n) is 11.9. The number of ether oxygens (including phenoxy) is 1. The van der Waals surface area contributed by atoms with Crippen LogP contribution in [0.2, 0.25) is 5.02 Å². The fraction of sp³-hybridized carbons (Fsp3) is 0.571. The van der Waals surface area contributed by atoms with Crippen molar-refractivity contribution in [2.45, 2.75) is 24.7 Å². The van der Waals surface area contributed by atoms with Gasteiger partial charge in [0.15, 0.2) is 0 Å². The van der Waals surface area contributed by atoms with Crippen LogP contribution in [0.4, 0.5) is 4.39 Å². The number of hydrogen-bond acceptors (Lipinski definition) is 3. The average molecular weight is 336 g/mol.